The largest absolute Gasteiger partial charge is 0.366 e. The highest BCUT2D eigenvalue weighted by atomic mass is 79.9. The molecule has 5 nitrogen and oxygen atoms in total. The fourth-order valence-electron chi connectivity index (χ4n) is 2.51. The normalized spacial score (nSPS) is 13.5. The molecule has 25 heavy (non-hydrogen) atoms. The minimum absolute atomic E-state index is 0.502. The van der Waals surface area contributed by atoms with Gasteiger partial charge in [0.05, 0.1) is 5.69 Å². The van der Waals surface area contributed by atoms with Crippen LogP contribution in [0.3, 0.4) is 0 Å². The second-order valence-corrected chi connectivity index (χ2v) is 7.02. The Balaban J connectivity index is 1.59. The Hall–Kier alpha value is -2.47. The SMILES string of the molecule is Brc1cccc(CNc2cc(-c3cccnc3)nc(NC3CC3)n2)c1. The summed E-state index contributed by atoms with van der Waals surface area (Å²) in [4.78, 5) is 13.4. The molecule has 0 atom stereocenters. The van der Waals surface area contributed by atoms with E-state index in [9.17, 15) is 0 Å². The zero-order valence-electron chi connectivity index (χ0n) is 13.6. The number of benzene rings is 1. The third kappa shape index (κ3) is 4.33. The van der Waals surface area contributed by atoms with Gasteiger partial charge < -0.3 is 10.6 Å². The van der Waals surface area contributed by atoms with E-state index in [1.54, 1.807) is 6.20 Å². The van der Waals surface area contributed by atoms with E-state index in [1.807, 2.05) is 36.5 Å². The van der Waals surface area contributed by atoms with E-state index in [2.05, 4.69) is 53.6 Å². The molecule has 6 heteroatoms. The number of nitrogens with zero attached hydrogens (tertiary/aromatic N) is 3. The van der Waals surface area contributed by atoms with E-state index in [1.165, 1.54) is 18.4 Å². The molecule has 2 aromatic heterocycles. The predicted molar refractivity (Wildman–Crippen MR) is 103 cm³/mol. The average Bonchev–Trinajstić information content (AvgIpc) is 3.45. The van der Waals surface area contributed by atoms with Gasteiger partial charge in [-0.1, -0.05) is 28.1 Å². The minimum atomic E-state index is 0.502. The number of rotatable bonds is 6. The van der Waals surface area contributed by atoms with Crippen molar-refractivity contribution in [2.75, 3.05) is 10.6 Å². The highest BCUT2D eigenvalue weighted by molar-refractivity contribution is 9.10. The topological polar surface area (TPSA) is 62.7 Å². The monoisotopic (exact) mass is 395 g/mol. The molecule has 0 amide bonds. The summed E-state index contributed by atoms with van der Waals surface area (Å²) in [6.07, 6.45) is 5.95. The molecule has 0 unspecified atom stereocenters. The minimum Gasteiger partial charge on any atom is -0.366 e. The highest BCUT2D eigenvalue weighted by Gasteiger charge is 2.22. The van der Waals surface area contributed by atoms with Crippen LogP contribution in [0.25, 0.3) is 11.3 Å². The van der Waals surface area contributed by atoms with Crippen molar-refractivity contribution in [3.05, 3.63) is 64.9 Å². The lowest BCUT2D eigenvalue weighted by Gasteiger charge is -2.11. The standard InChI is InChI=1S/C19H18BrN5/c20-15-5-1-3-13(9-15)11-22-18-10-17(14-4-2-8-21-12-14)24-19(25-18)23-16-6-7-16/h1-5,8-10,12,16H,6-7,11H2,(H2,22,23,24,25). The van der Waals surface area contributed by atoms with Crippen molar-refractivity contribution in [3.8, 4) is 11.3 Å². The van der Waals surface area contributed by atoms with E-state index in [0.29, 0.717) is 18.5 Å². The maximum atomic E-state index is 4.64. The number of hydrogen-bond acceptors (Lipinski definition) is 5. The van der Waals surface area contributed by atoms with Crippen LogP contribution < -0.4 is 10.6 Å². The Kier molecular flexibility index (Phi) is 4.61. The Labute approximate surface area is 155 Å². The molecule has 1 fully saturated rings. The third-order valence-corrected chi connectivity index (χ3v) is 4.45. The Bertz CT molecular complexity index is 865. The van der Waals surface area contributed by atoms with E-state index in [-0.39, 0.29) is 0 Å². The quantitative estimate of drug-likeness (QED) is 0.643. The molecule has 0 radical (unpaired) electrons. The van der Waals surface area contributed by atoms with Crippen molar-refractivity contribution in [1.29, 1.82) is 0 Å². The van der Waals surface area contributed by atoms with E-state index in [4.69, 9.17) is 0 Å². The molecular formula is C19H18BrN5. The van der Waals surface area contributed by atoms with Crippen LogP contribution in [0.4, 0.5) is 11.8 Å². The molecule has 1 aromatic carbocycles. The van der Waals surface area contributed by atoms with Gasteiger partial charge in [0.2, 0.25) is 5.95 Å². The van der Waals surface area contributed by atoms with Crippen LogP contribution in [0.15, 0.2) is 59.3 Å². The van der Waals surface area contributed by atoms with Gasteiger partial charge in [-0.15, -0.1) is 0 Å². The summed E-state index contributed by atoms with van der Waals surface area (Å²) in [5.74, 6) is 1.47. The molecule has 3 aromatic rings. The first kappa shape index (κ1) is 16.0. The number of aromatic nitrogens is 3. The van der Waals surface area contributed by atoms with Crippen LogP contribution in [-0.2, 0) is 6.54 Å². The molecule has 2 heterocycles. The summed E-state index contributed by atoms with van der Waals surface area (Å²) in [6, 6.07) is 14.6. The smallest absolute Gasteiger partial charge is 0.225 e. The molecule has 1 aliphatic carbocycles. The molecule has 1 aliphatic rings. The van der Waals surface area contributed by atoms with Crippen LogP contribution in [0.2, 0.25) is 0 Å². The Morgan fingerprint density at radius 1 is 1.08 bits per heavy atom. The van der Waals surface area contributed by atoms with Crippen LogP contribution in [0, 0.1) is 0 Å². The summed E-state index contributed by atoms with van der Waals surface area (Å²) in [5.41, 5.74) is 3.03. The lowest BCUT2D eigenvalue weighted by atomic mass is 10.2. The number of nitrogens with one attached hydrogen (secondary N) is 2. The number of pyridine rings is 1. The third-order valence-electron chi connectivity index (χ3n) is 3.96. The highest BCUT2D eigenvalue weighted by Crippen LogP contribution is 2.26. The van der Waals surface area contributed by atoms with Gasteiger partial charge in [-0.2, -0.15) is 4.98 Å². The molecule has 0 bridgehead atoms. The van der Waals surface area contributed by atoms with Gasteiger partial charge in [-0.05, 0) is 42.7 Å². The molecule has 0 saturated heterocycles. The Morgan fingerprint density at radius 3 is 2.76 bits per heavy atom. The van der Waals surface area contributed by atoms with E-state index < -0.39 is 0 Å². The lowest BCUT2D eigenvalue weighted by molar-refractivity contribution is 1.03. The second-order valence-electron chi connectivity index (χ2n) is 6.11. The van der Waals surface area contributed by atoms with Crippen molar-refractivity contribution in [2.24, 2.45) is 0 Å². The first-order valence-corrected chi connectivity index (χ1v) is 9.10. The first-order valence-electron chi connectivity index (χ1n) is 8.30. The van der Waals surface area contributed by atoms with Crippen LogP contribution in [-0.4, -0.2) is 21.0 Å². The van der Waals surface area contributed by atoms with Crippen molar-refractivity contribution in [2.45, 2.75) is 25.4 Å². The predicted octanol–water partition coefficient (Wildman–Crippen LogP) is 4.49. The number of anilines is 2. The number of hydrogen-bond donors (Lipinski definition) is 2. The van der Waals surface area contributed by atoms with Gasteiger partial charge in [-0.25, -0.2) is 4.98 Å². The van der Waals surface area contributed by atoms with Gasteiger partial charge in [0.1, 0.15) is 5.82 Å². The summed E-state index contributed by atoms with van der Waals surface area (Å²) in [6.45, 7) is 0.700. The Morgan fingerprint density at radius 2 is 2.00 bits per heavy atom. The van der Waals surface area contributed by atoms with Crippen molar-refractivity contribution < 1.29 is 0 Å². The lowest BCUT2D eigenvalue weighted by Crippen LogP contribution is -2.09. The van der Waals surface area contributed by atoms with E-state index >= 15 is 0 Å². The maximum absolute atomic E-state index is 4.64. The van der Waals surface area contributed by atoms with Gasteiger partial charge in [0.15, 0.2) is 0 Å². The molecule has 1 saturated carbocycles. The van der Waals surface area contributed by atoms with Gasteiger partial charge >= 0.3 is 0 Å². The molecule has 2 N–H and O–H groups in total. The van der Waals surface area contributed by atoms with E-state index in [0.717, 1.165) is 21.5 Å². The molecule has 0 aliphatic heterocycles. The zero-order valence-corrected chi connectivity index (χ0v) is 15.2. The van der Waals surface area contributed by atoms with Crippen molar-refractivity contribution in [1.82, 2.24) is 15.0 Å². The fraction of sp³-hybridized carbons (Fsp3) is 0.211. The summed E-state index contributed by atoms with van der Waals surface area (Å²) >= 11 is 3.51. The zero-order chi connectivity index (χ0) is 17.1. The maximum Gasteiger partial charge on any atom is 0.225 e. The molecule has 126 valence electrons. The first-order chi connectivity index (χ1) is 12.3. The van der Waals surface area contributed by atoms with Crippen LogP contribution in [0.5, 0.6) is 0 Å². The summed E-state index contributed by atoms with van der Waals surface area (Å²) in [5, 5.41) is 6.78. The van der Waals surface area contributed by atoms with Crippen LogP contribution in [0.1, 0.15) is 18.4 Å². The molecule has 4 rings (SSSR count). The van der Waals surface area contributed by atoms with Gasteiger partial charge in [0.25, 0.3) is 0 Å². The summed E-state index contributed by atoms with van der Waals surface area (Å²) < 4.78 is 1.07. The number of halogens is 1. The second kappa shape index (κ2) is 7.19. The van der Waals surface area contributed by atoms with Gasteiger partial charge in [-0.3, -0.25) is 4.98 Å². The van der Waals surface area contributed by atoms with Crippen LogP contribution >= 0.6 is 15.9 Å². The van der Waals surface area contributed by atoms with Gasteiger partial charge in [0, 0.05) is 41.1 Å². The summed E-state index contributed by atoms with van der Waals surface area (Å²) in [7, 11) is 0. The molecular weight excluding hydrogens is 378 g/mol. The van der Waals surface area contributed by atoms with Crippen molar-refractivity contribution >= 4 is 27.7 Å². The average molecular weight is 396 g/mol. The van der Waals surface area contributed by atoms with Crippen molar-refractivity contribution in [3.63, 3.8) is 0 Å². The fourth-order valence-corrected chi connectivity index (χ4v) is 2.96. The molecule has 0 spiro atoms.